The molecule has 0 N–H and O–H groups in total. The van der Waals surface area contributed by atoms with Crippen LogP contribution in [0.25, 0.3) is 0 Å². The molecule has 41 heavy (non-hydrogen) atoms. The molecule has 4 aromatic rings. The third-order valence-electron chi connectivity index (χ3n) is 7.15. The molecule has 0 aliphatic carbocycles. The molecule has 0 aromatic heterocycles. The third-order valence-corrected chi connectivity index (χ3v) is 7.15. The van der Waals surface area contributed by atoms with Crippen molar-refractivity contribution in [3.8, 4) is 17.2 Å². The molecule has 0 bridgehead atoms. The number of carbonyl (C=O) groups is 2. The second-order valence-electron chi connectivity index (χ2n) is 9.50. The van der Waals surface area contributed by atoms with E-state index in [9.17, 15) is 19.7 Å². The van der Waals surface area contributed by atoms with Crippen LogP contribution in [0.1, 0.15) is 43.4 Å². The van der Waals surface area contributed by atoms with Crippen molar-refractivity contribution in [2.45, 2.75) is 12.5 Å². The summed E-state index contributed by atoms with van der Waals surface area (Å²) in [6, 6.07) is 24.7. The van der Waals surface area contributed by atoms with E-state index in [1.54, 1.807) is 55.5 Å². The van der Waals surface area contributed by atoms with Crippen LogP contribution in [0.15, 0.2) is 91.0 Å². The van der Waals surface area contributed by atoms with Gasteiger partial charge in [-0.15, -0.1) is 0 Å². The highest BCUT2D eigenvalue weighted by molar-refractivity contribution is 6.09. The van der Waals surface area contributed by atoms with E-state index in [-0.39, 0.29) is 24.0 Å². The van der Waals surface area contributed by atoms with Crippen molar-refractivity contribution in [3.63, 3.8) is 0 Å². The fraction of sp³-hybridized carbons (Fsp3) is 0.188. The van der Waals surface area contributed by atoms with Gasteiger partial charge in [-0.05, 0) is 53.9 Å². The zero-order valence-corrected chi connectivity index (χ0v) is 22.6. The van der Waals surface area contributed by atoms with E-state index in [4.69, 9.17) is 14.2 Å². The molecule has 0 saturated heterocycles. The summed E-state index contributed by atoms with van der Waals surface area (Å²) in [5.74, 6) is 1.25. The molecule has 0 fully saturated rings. The summed E-state index contributed by atoms with van der Waals surface area (Å²) >= 11 is 0. The number of hydrogen-bond acceptors (Lipinski definition) is 7. The predicted octanol–water partition coefficient (Wildman–Crippen LogP) is 5.66. The van der Waals surface area contributed by atoms with Crippen LogP contribution >= 0.6 is 0 Å². The molecule has 208 valence electrons. The van der Waals surface area contributed by atoms with Crippen LogP contribution in [0.5, 0.6) is 17.2 Å². The molecular weight excluding hydrogens is 524 g/mol. The molecular formula is C32H28N2O7. The van der Waals surface area contributed by atoms with Gasteiger partial charge in [0.15, 0.2) is 17.3 Å². The van der Waals surface area contributed by atoms with Gasteiger partial charge >= 0.3 is 0 Å². The minimum absolute atomic E-state index is 0.0387. The van der Waals surface area contributed by atoms with Gasteiger partial charge in [0.25, 0.3) is 11.6 Å². The van der Waals surface area contributed by atoms with E-state index in [0.29, 0.717) is 46.9 Å². The Bertz CT molecular complexity index is 1570. The van der Waals surface area contributed by atoms with Gasteiger partial charge in [0.1, 0.15) is 12.4 Å². The molecule has 1 heterocycles. The van der Waals surface area contributed by atoms with Gasteiger partial charge in [-0.25, -0.2) is 0 Å². The lowest BCUT2D eigenvalue weighted by Gasteiger charge is -2.37. The average Bonchev–Trinajstić information content (AvgIpc) is 3.02. The molecule has 1 aliphatic rings. The summed E-state index contributed by atoms with van der Waals surface area (Å²) in [7, 11) is 3.13. The molecule has 1 aliphatic heterocycles. The van der Waals surface area contributed by atoms with E-state index < -0.39 is 11.0 Å². The van der Waals surface area contributed by atoms with E-state index >= 15 is 0 Å². The molecule has 1 amide bonds. The van der Waals surface area contributed by atoms with Crippen molar-refractivity contribution in [3.05, 3.63) is 129 Å². The number of ether oxygens (including phenoxy) is 3. The fourth-order valence-corrected chi connectivity index (χ4v) is 4.98. The molecule has 5 rings (SSSR count). The fourth-order valence-electron chi connectivity index (χ4n) is 4.98. The third kappa shape index (κ3) is 5.74. The van der Waals surface area contributed by atoms with E-state index in [2.05, 4.69) is 0 Å². The Labute approximate surface area is 237 Å². The molecule has 0 spiro atoms. The maximum Gasteiger partial charge on any atom is 0.269 e. The number of non-ortho nitro benzene ring substituents is 1. The number of nitrogens with zero attached hydrogens (tertiary/aromatic N) is 2. The maximum absolute atomic E-state index is 13.8. The normalized spacial score (nSPS) is 14.1. The number of nitro groups is 1. The Morgan fingerprint density at radius 1 is 0.854 bits per heavy atom. The van der Waals surface area contributed by atoms with Crippen LogP contribution in [0.2, 0.25) is 0 Å². The van der Waals surface area contributed by atoms with Crippen molar-refractivity contribution >= 4 is 17.4 Å². The Balaban J connectivity index is 1.43. The van der Waals surface area contributed by atoms with Crippen molar-refractivity contribution in [2.24, 2.45) is 0 Å². The van der Waals surface area contributed by atoms with Gasteiger partial charge in [-0.2, -0.15) is 0 Å². The van der Waals surface area contributed by atoms with Crippen LogP contribution in [-0.4, -0.2) is 48.9 Å². The number of nitro benzene ring substituents is 1. The zero-order valence-electron chi connectivity index (χ0n) is 22.6. The Kier molecular flexibility index (Phi) is 7.96. The number of benzene rings is 4. The Morgan fingerprint density at radius 2 is 1.46 bits per heavy atom. The highest BCUT2D eigenvalue weighted by atomic mass is 16.6. The van der Waals surface area contributed by atoms with E-state index in [1.807, 2.05) is 30.3 Å². The quantitative estimate of drug-likeness (QED) is 0.150. The average molecular weight is 553 g/mol. The highest BCUT2D eigenvalue weighted by Crippen LogP contribution is 2.39. The molecule has 0 saturated carbocycles. The number of amides is 1. The molecule has 1 atom stereocenters. The number of hydrogen-bond donors (Lipinski definition) is 0. The summed E-state index contributed by atoms with van der Waals surface area (Å²) in [6.07, 6.45) is 0.597. The van der Waals surface area contributed by atoms with Crippen LogP contribution in [0.3, 0.4) is 0 Å². The second kappa shape index (κ2) is 11.9. The van der Waals surface area contributed by atoms with Crippen molar-refractivity contribution in [1.29, 1.82) is 0 Å². The van der Waals surface area contributed by atoms with E-state index in [0.717, 1.165) is 11.1 Å². The van der Waals surface area contributed by atoms with Crippen LogP contribution < -0.4 is 14.2 Å². The summed E-state index contributed by atoms with van der Waals surface area (Å²) < 4.78 is 17.1. The first kappa shape index (κ1) is 27.4. The zero-order chi connectivity index (χ0) is 28.9. The lowest BCUT2D eigenvalue weighted by molar-refractivity contribution is -0.384. The van der Waals surface area contributed by atoms with Crippen molar-refractivity contribution in [2.75, 3.05) is 27.4 Å². The molecule has 4 aromatic carbocycles. The van der Waals surface area contributed by atoms with Gasteiger partial charge < -0.3 is 19.1 Å². The molecule has 1 unspecified atom stereocenters. The summed E-state index contributed by atoms with van der Waals surface area (Å²) in [6.45, 7) is 0.539. The van der Waals surface area contributed by atoms with Crippen LogP contribution in [0, 0.1) is 10.1 Å². The Morgan fingerprint density at radius 3 is 2.10 bits per heavy atom. The minimum atomic E-state index is -0.480. The van der Waals surface area contributed by atoms with Gasteiger partial charge in [0.05, 0.1) is 25.2 Å². The molecule has 9 nitrogen and oxygen atoms in total. The SMILES string of the molecule is COc1cc2c(cc1OC)C(COc1ccc([N+](=O)[O-])cc1)N(C(=O)c1ccc(C(=O)c3ccccc3)cc1)CC2. The first-order valence-corrected chi connectivity index (χ1v) is 13.0. The Hall–Kier alpha value is -5.18. The minimum Gasteiger partial charge on any atom is -0.493 e. The lowest BCUT2D eigenvalue weighted by Crippen LogP contribution is -2.42. The predicted molar refractivity (Wildman–Crippen MR) is 152 cm³/mol. The number of carbonyl (C=O) groups excluding carboxylic acids is 2. The van der Waals surface area contributed by atoms with Gasteiger partial charge in [-0.3, -0.25) is 19.7 Å². The van der Waals surface area contributed by atoms with Crippen molar-refractivity contribution in [1.82, 2.24) is 4.90 Å². The van der Waals surface area contributed by atoms with Gasteiger partial charge in [0, 0.05) is 35.4 Å². The molecule has 9 heteroatoms. The monoisotopic (exact) mass is 552 g/mol. The summed E-state index contributed by atoms with van der Waals surface area (Å²) in [5, 5.41) is 11.0. The van der Waals surface area contributed by atoms with Crippen LogP contribution in [0.4, 0.5) is 5.69 Å². The maximum atomic E-state index is 13.8. The smallest absolute Gasteiger partial charge is 0.269 e. The number of rotatable bonds is 9. The van der Waals surface area contributed by atoms with E-state index in [1.165, 1.54) is 24.3 Å². The topological polar surface area (TPSA) is 108 Å². The number of ketones is 1. The standard InChI is InChI=1S/C32H28N2O7/c1-39-29-18-24-16-17-33(32(36)23-10-8-22(9-11-23)31(35)21-6-4-3-5-7-21)28(27(24)19-30(29)40-2)20-41-26-14-12-25(13-15-26)34(37)38/h3-15,18-19,28H,16-17,20H2,1-2H3. The molecule has 0 radical (unpaired) electrons. The second-order valence-corrected chi connectivity index (χ2v) is 9.50. The summed E-state index contributed by atoms with van der Waals surface area (Å²) in [4.78, 5) is 39.0. The lowest BCUT2D eigenvalue weighted by atomic mass is 9.91. The summed E-state index contributed by atoms with van der Waals surface area (Å²) in [5.41, 5.74) is 3.34. The van der Waals surface area contributed by atoms with Crippen molar-refractivity contribution < 1.29 is 28.7 Å². The largest absolute Gasteiger partial charge is 0.493 e. The first-order chi connectivity index (χ1) is 19.9. The first-order valence-electron chi connectivity index (χ1n) is 13.0. The number of methoxy groups -OCH3 is 2. The van der Waals surface area contributed by atoms with Gasteiger partial charge in [0.2, 0.25) is 0 Å². The number of fused-ring (bicyclic) bond motifs is 1. The van der Waals surface area contributed by atoms with Crippen LogP contribution in [-0.2, 0) is 6.42 Å². The van der Waals surface area contributed by atoms with Gasteiger partial charge in [-0.1, -0.05) is 42.5 Å². The highest BCUT2D eigenvalue weighted by Gasteiger charge is 2.33.